The lowest BCUT2D eigenvalue weighted by molar-refractivity contribution is -0.138. The van der Waals surface area contributed by atoms with Gasteiger partial charge in [-0.15, -0.1) is 0 Å². The monoisotopic (exact) mass is 289 g/mol. The summed E-state index contributed by atoms with van der Waals surface area (Å²) in [5.74, 6) is -1.64. The maximum atomic E-state index is 13.0. The molecule has 116 valence electrons. The van der Waals surface area contributed by atoms with Gasteiger partial charge in [0.1, 0.15) is 5.60 Å². The second kappa shape index (κ2) is 6.90. The Kier molecular flexibility index (Phi) is 5.77. The summed E-state index contributed by atoms with van der Waals surface area (Å²) < 4.78 is 18.3. The van der Waals surface area contributed by atoms with Gasteiger partial charge in [-0.25, -0.2) is 4.79 Å². The maximum Gasteiger partial charge on any atom is 0.410 e. The highest BCUT2D eigenvalue weighted by Gasteiger charge is 2.32. The van der Waals surface area contributed by atoms with Crippen molar-refractivity contribution in [3.05, 3.63) is 0 Å². The van der Waals surface area contributed by atoms with Crippen LogP contribution in [0.15, 0.2) is 0 Å². The molecule has 1 heterocycles. The first-order valence-electron chi connectivity index (χ1n) is 6.98. The highest BCUT2D eigenvalue weighted by molar-refractivity contribution is 5.68. The van der Waals surface area contributed by atoms with Crippen LogP contribution in [-0.4, -0.2) is 47.4 Å². The van der Waals surface area contributed by atoms with Crippen LogP contribution >= 0.6 is 0 Å². The number of carboxylic acid groups (broad SMARTS) is 1. The molecule has 1 aliphatic heterocycles. The molecule has 0 aromatic rings. The predicted octanol–water partition coefficient (Wildman–Crippen LogP) is 2.69. The van der Waals surface area contributed by atoms with Gasteiger partial charge in [0.05, 0.1) is 13.1 Å². The number of carbonyl (C=O) groups excluding carboxylic acids is 1. The largest absolute Gasteiger partial charge is 0.481 e. The first-order chi connectivity index (χ1) is 9.23. The van der Waals surface area contributed by atoms with Crippen LogP contribution in [-0.2, 0) is 9.53 Å². The van der Waals surface area contributed by atoms with E-state index in [0.717, 1.165) is 12.8 Å². The third kappa shape index (κ3) is 5.35. The van der Waals surface area contributed by atoms with Crippen LogP contribution in [0.1, 0.15) is 40.0 Å². The Labute approximate surface area is 119 Å². The number of carbonyl (C=O) groups is 2. The van der Waals surface area contributed by atoms with Crippen molar-refractivity contribution in [1.29, 1.82) is 0 Å². The molecule has 0 saturated carbocycles. The van der Waals surface area contributed by atoms with E-state index in [0.29, 0.717) is 13.1 Å². The number of rotatable bonds is 4. The highest BCUT2D eigenvalue weighted by atomic mass is 19.1. The number of hydrogen-bond acceptors (Lipinski definition) is 3. The first kappa shape index (κ1) is 16.7. The average Bonchev–Trinajstić information content (AvgIpc) is 2.34. The lowest BCUT2D eigenvalue weighted by atomic mass is 9.84. The van der Waals surface area contributed by atoms with Crippen LogP contribution < -0.4 is 0 Å². The molecule has 0 aliphatic carbocycles. The molecule has 0 bridgehead atoms. The molecule has 1 rings (SSSR count). The van der Waals surface area contributed by atoms with Gasteiger partial charge in [-0.2, -0.15) is 0 Å². The number of carboxylic acids is 1. The summed E-state index contributed by atoms with van der Waals surface area (Å²) in [5.41, 5.74) is -0.565. The van der Waals surface area contributed by atoms with Crippen LogP contribution in [0.2, 0.25) is 0 Å². The van der Waals surface area contributed by atoms with Gasteiger partial charge in [0.2, 0.25) is 0 Å². The van der Waals surface area contributed by atoms with Gasteiger partial charge < -0.3 is 14.7 Å². The fourth-order valence-corrected chi connectivity index (χ4v) is 2.46. The van der Waals surface area contributed by atoms with Crippen LogP contribution in [0, 0.1) is 11.8 Å². The number of likely N-dealkylation sites (tertiary alicyclic amines) is 1. The summed E-state index contributed by atoms with van der Waals surface area (Å²) in [6.45, 7) is 5.66. The molecule has 0 aromatic carbocycles. The number of alkyl halides is 1. The van der Waals surface area contributed by atoms with Crippen molar-refractivity contribution in [2.45, 2.75) is 45.6 Å². The second-order valence-corrected chi connectivity index (χ2v) is 6.34. The van der Waals surface area contributed by atoms with Crippen molar-refractivity contribution in [3.63, 3.8) is 0 Å². The van der Waals surface area contributed by atoms with Gasteiger partial charge in [0.15, 0.2) is 0 Å². The predicted molar refractivity (Wildman–Crippen MR) is 72.2 cm³/mol. The van der Waals surface area contributed by atoms with Crippen molar-refractivity contribution < 1.29 is 23.8 Å². The van der Waals surface area contributed by atoms with Crippen molar-refractivity contribution in [1.82, 2.24) is 4.90 Å². The standard InChI is InChI=1S/C14H24FNO4/c1-14(2,3)20-13(19)16-6-4-5-10(9-16)11(8-15)7-12(17)18/h10-11H,4-9H2,1-3H3,(H,17,18). The Morgan fingerprint density at radius 1 is 1.45 bits per heavy atom. The van der Waals surface area contributed by atoms with Gasteiger partial charge in [0, 0.05) is 19.0 Å². The average molecular weight is 289 g/mol. The highest BCUT2D eigenvalue weighted by Crippen LogP contribution is 2.27. The van der Waals surface area contributed by atoms with Crippen LogP contribution in [0.25, 0.3) is 0 Å². The van der Waals surface area contributed by atoms with E-state index in [9.17, 15) is 14.0 Å². The molecule has 2 atom stereocenters. The topological polar surface area (TPSA) is 66.8 Å². The number of piperidine rings is 1. The van der Waals surface area contributed by atoms with E-state index in [2.05, 4.69) is 0 Å². The molecular weight excluding hydrogens is 265 g/mol. The molecule has 20 heavy (non-hydrogen) atoms. The maximum absolute atomic E-state index is 13.0. The van der Waals surface area contributed by atoms with Crippen molar-refractivity contribution in [3.8, 4) is 0 Å². The third-order valence-corrected chi connectivity index (χ3v) is 3.41. The number of hydrogen-bond donors (Lipinski definition) is 1. The van der Waals surface area contributed by atoms with Crippen molar-refractivity contribution >= 4 is 12.1 Å². The van der Waals surface area contributed by atoms with Crippen LogP contribution in [0.5, 0.6) is 0 Å². The molecule has 1 aliphatic rings. The molecule has 0 spiro atoms. The molecule has 5 nitrogen and oxygen atoms in total. The Hall–Kier alpha value is -1.33. The minimum Gasteiger partial charge on any atom is -0.481 e. The molecule has 1 N–H and O–H groups in total. The van der Waals surface area contributed by atoms with E-state index in [1.807, 2.05) is 0 Å². The summed E-state index contributed by atoms with van der Waals surface area (Å²) in [4.78, 5) is 24.3. The van der Waals surface area contributed by atoms with Gasteiger partial charge in [-0.3, -0.25) is 9.18 Å². The minimum atomic E-state index is -0.998. The Morgan fingerprint density at radius 3 is 2.60 bits per heavy atom. The van der Waals surface area contributed by atoms with Gasteiger partial charge in [-0.05, 0) is 39.5 Å². The first-order valence-corrected chi connectivity index (χ1v) is 6.98. The van der Waals surface area contributed by atoms with E-state index < -0.39 is 30.3 Å². The molecule has 2 unspecified atom stereocenters. The molecular formula is C14H24FNO4. The van der Waals surface area contributed by atoms with Crippen molar-refractivity contribution in [2.24, 2.45) is 11.8 Å². The summed E-state index contributed by atoms with van der Waals surface area (Å²) in [6, 6.07) is 0. The second-order valence-electron chi connectivity index (χ2n) is 6.34. The number of aliphatic carboxylic acids is 1. The zero-order chi connectivity index (χ0) is 15.3. The smallest absolute Gasteiger partial charge is 0.410 e. The third-order valence-electron chi connectivity index (χ3n) is 3.41. The van der Waals surface area contributed by atoms with Gasteiger partial charge in [-0.1, -0.05) is 0 Å². The molecule has 1 fully saturated rings. The number of ether oxygens (including phenoxy) is 1. The molecule has 0 radical (unpaired) electrons. The van der Waals surface area contributed by atoms with E-state index >= 15 is 0 Å². The number of halogens is 1. The minimum absolute atomic E-state index is 0.114. The number of amides is 1. The summed E-state index contributed by atoms with van der Waals surface area (Å²) in [7, 11) is 0. The Balaban J connectivity index is 2.61. The summed E-state index contributed by atoms with van der Waals surface area (Å²) >= 11 is 0. The Morgan fingerprint density at radius 2 is 2.10 bits per heavy atom. The zero-order valence-electron chi connectivity index (χ0n) is 12.4. The normalized spacial score (nSPS) is 21.4. The van der Waals surface area contributed by atoms with E-state index in [-0.39, 0.29) is 12.3 Å². The van der Waals surface area contributed by atoms with Gasteiger partial charge in [0.25, 0.3) is 0 Å². The molecule has 1 saturated heterocycles. The van der Waals surface area contributed by atoms with Crippen LogP contribution in [0.4, 0.5) is 9.18 Å². The van der Waals surface area contributed by atoms with Crippen molar-refractivity contribution in [2.75, 3.05) is 19.8 Å². The fraction of sp³-hybridized carbons (Fsp3) is 0.857. The molecule has 1 amide bonds. The fourth-order valence-electron chi connectivity index (χ4n) is 2.46. The van der Waals surface area contributed by atoms with Gasteiger partial charge >= 0.3 is 12.1 Å². The quantitative estimate of drug-likeness (QED) is 0.864. The lowest BCUT2D eigenvalue weighted by Crippen LogP contribution is -2.45. The zero-order valence-corrected chi connectivity index (χ0v) is 12.4. The van der Waals surface area contributed by atoms with E-state index in [4.69, 9.17) is 9.84 Å². The van der Waals surface area contributed by atoms with E-state index in [1.165, 1.54) is 0 Å². The summed E-state index contributed by atoms with van der Waals surface area (Å²) in [5, 5.41) is 8.80. The van der Waals surface area contributed by atoms with Crippen LogP contribution in [0.3, 0.4) is 0 Å². The Bertz CT molecular complexity index is 354. The lowest BCUT2D eigenvalue weighted by Gasteiger charge is -2.36. The molecule has 0 aromatic heterocycles. The molecule has 6 heteroatoms. The van der Waals surface area contributed by atoms with E-state index in [1.54, 1.807) is 25.7 Å². The SMILES string of the molecule is CC(C)(C)OC(=O)N1CCCC(C(CF)CC(=O)O)C1. The summed E-state index contributed by atoms with van der Waals surface area (Å²) in [6.07, 6.45) is 0.903. The number of nitrogens with zero attached hydrogens (tertiary/aromatic N) is 1.